The van der Waals surface area contributed by atoms with E-state index >= 15 is 0 Å². The van der Waals surface area contributed by atoms with Gasteiger partial charge in [-0.1, -0.05) is 0 Å². The van der Waals surface area contributed by atoms with E-state index in [4.69, 9.17) is 4.74 Å². The molecule has 1 aliphatic heterocycles. The molecule has 0 radical (unpaired) electrons. The molecule has 9 nitrogen and oxygen atoms in total. The smallest absolute Gasteiger partial charge is 0.241 e. The predicted octanol–water partition coefficient (Wildman–Crippen LogP) is 1.11. The van der Waals surface area contributed by atoms with Crippen LogP contribution in [-0.4, -0.2) is 116 Å². The maximum atomic E-state index is 13.0. The van der Waals surface area contributed by atoms with Gasteiger partial charge in [-0.2, -0.15) is 0 Å². The van der Waals surface area contributed by atoms with Crippen LogP contribution in [0.25, 0.3) is 0 Å². The molecule has 0 aromatic heterocycles. The normalized spacial score (nSPS) is 15.9. The molecule has 0 spiro atoms. The Hall–Kier alpha value is -2.01. The average Bonchev–Trinajstić information content (AvgIpc) is 2.81. The fourth-order valence-electron chi connectivity index (χ4n) is 4.31. The molecule has 0 saturated carbocycles. The Morgan fingerprint density at radius 3 is 2.26 bits per heavy atom. The van der Waals surface area contributed by atoms with Crippen LogP contribution in [-0.2, 0) is 20.6 Å². The van der Waals surface area contributed by atoms with E-state index in [0.717, 1.165) is 50.1 Å². The topological polar surface area (TPSA) is 85.4 Å². The Bertz CT molecular complexity index is 864. The number of nitrogens with one attached hydrogen (secondary N) is 1. The van der Waals surface area contributed by atoms with Gasteiger partial charge in [-0.25, -0.2) is 8.51 Å². The lowest BCUT2D eigenvalue weighted by atomic mass is 9.96. The van der Waals surface area contributed by atoms with Gasteiger partial charge in [-0.15, -0.1) is 0 Å². The third-order valence-electron chi connectivity index (χ3n) is 6.46. The van der Waals surface area contributed by atoms with Crippen LogP contribution in [0.5, 0.6) is 5.75 Å². The Kier molecular flexibility index (Phi) is 11.6. The molecule has 1 saturated heterocycles. The highest BCUT2D eigenvalue weighted by molar-refractivity contribution is 7.82. The van der Waals surface area contributed by atoms with E-state index in [-0.39, 0.29) is 24.9 Å². The number of piperidine rings is 1. The molecule has 2 rings (SSSR count). The van der Waals surface area contributed by atoms with Crippen LogP contribution in [0.1, 0.15) is 24.0 Å². The molecule has 0 bridgehead atoms. The van der Waals surface area contributed by atoms with Crippen LogP contribution in [0.4, 0.5) is 0 Å². The van der Waals surface area contributed by atoms with Crippen molar-refractivity contribution >= 4 is 22.8 Å². The molecular weight excluding hydrogens is 466 g/mol. The van der Waals surface area contributed by atoms with E-state index in [2.05, 4.69) is 29.2 Å². The second-order valence-corrected chi connectivity index (χ2v) is 11.3. The number of nitrogens with zero attached hydrogens (tertiary/aromatic N) is 4. The van der Waals surface area contributed by atoms with Gasteiger partial charge in [0.2, 0.25) is 11.8 Å². The minimum absolute atomic E-state index is 0.0575. The monoisotopic (exact) mass is 509 g/mol. The standard InChI is InChI=1S/C25H43N5O4S/c1-19-14-22(34-7)15-20(2)25(19)35(33)29(6)18-23(31)26-16-24(32)28(5)17-21-8-10-30(11-9-21)13-12-27(3)4/h14-15,21H,8-13,16-18H2,1-7H3,(H,26,31). The van der Waals surface area contributed by atoms with Crippen LogP contribution in [0.2, 0.25) is 0 Å². The lowest BCUT2D eigenvalue weighted by molar-refractivity contribution is -0.132. The molecule has 1 atom stereocenters. The fourth-order valence-corrected chi connectivity index (χ4v) is 5.52. The van der Waals surface area contributed by atoms with Gasteiger partial charge in [0, 0.05) is 33.7 Å². The first-order valence-corrected chi connectivity index (χ1v) is 13.3. The van der Waals surface area contributed by atoms with Crippen LogP contribution in [0, 0.1) is 19.8 Å². The molecule has 198 valence electrons. The number of methoxy groups -OCH3 is 1. The second-order valence-electron chi connectivity index (χ2n) is 9.76. The minimum atomic E-state index is -1.50. The summed E-state index contributed by atoms with van der Waals surface area (Å²) in [4.78, 5) is 32.1. The van der Waals surface area contributed by atoms with E-state index in [0.29, 0.717) is 23.1 Å². The van der Waals surface area contributed by atoms with Crippen molar-refractivity contribution in [2.45, 2.75) is 31.6 Å². The van der Waals surface area contributed by atoms with E-state index < -0.39 is 11.0 Å². The molecule has 1 aromatic rings. The molecule has 1 fully saturated rings. The maximum Gasteiger partial charge on any atom is 0.241 e. The van der Waals surface area contributed by atoms with Crippen molar-refractivity contribution in [3.8, 4) is 5.75 Å². The second kappa shape index (κ2) is 13.9. The molecule has 35 heavy (non-hydrogen) atoms. The Balaban J connectivity index is 1.75. The molecule has 1 aliphatic rings. The lowest BCUT2D eigenvalue weighted by Gasteiger charge is -2.34. The van der Waals surface area contributed by atoms with Crippen molar-refractivity contribution in [1.29, 1.82) is 0 Å². The van der Waals surface area contributed by atoms with Gasteiger partial charge < -0.3 is 24.8 Å². The van der Waals surface area contributed by atoms with Crippen LogP contribution < -0.4 is 10.1 Å². The van der Waals surface area contributed by atoms with Gasteiger partial charge in [0.1, 0.15) is 16.7 Å². The number of amides is 2. The molecule has 1 unspecified atom stereocenters. The average molecular weight is 510 g/mol. The first kappa shape index (κ1) is 29.2. The quantitative estimate of drug-likeness (QED) is 0.455. The van der Waals surface area contributed by atoms with Crippen LogP contribution in [0.3, 0.4) is 0 Å². The summed E-state index contributed by atoms with van der Waals surface area (Å²) in [6.07, 6.45) is 2.16. The summed E-state index contributed by atoms with van der Waals surface area (Å²) in [7, 11) is 7.70. The Morgan fingerprint density at radius 2 is 1.71 bits per heavy atom. The predicted molar refractivity (Wildman–Crippen MR) is 140 cm³/mol. The van der Waals surface area contributed by atoms with Crippen molar-refractivity contribution in [3.63, 3.8) is 0 Å². The highest BCUT2D eigenvalue weighted by Crippen LogP contribution is 2.25. The van der Waals surface area contributed by atoms with Crippen LogP contribution in [0.15, 0.2) is 17.0 Å². The number of rotatable bonds is 12. The number of carbonyl (C=O) groups excluding carboxylic acids is 2. The molecule has 1 aromatic carbocycles. The highest BCUT2D eigenvalue weighted by Gasteiger charge is 2.23. The molecular formula is C25H43N5O4S. The van der Waals surface area contributed by atoms with Gasteiger partial charge in [-0.3, -0.25) is 9.59 Å². The van der Waals surface area contributed by atoms with Crippen molar-refractivity contribution in [2.75, 3.05) is 81.1 Å². The van der Waals surface area contributed by atoms with E-state index in [1.165, 1.54) is 4.31 Å². The Labute approximate surface area is 213 Å². The molecule has 0 aliphatic carbocycles. The SMILES string of the molecule is COc1cc(C)c(S(=O)N(C)CC(=O)NCC(=O)N(C)CC2CCN(CCN(C)C)CC2)c(C)c1. The summed E-state index contributed by atoms with van der Waals surface area (Å²) in [6.45, 7) is 8.59. The summed E-state index contributed by atoms with van der Waals surface area (Å²) in [5.74, 6) is 0.748. The zero-order valence-electron chi connectivity index (χ0n) is 22.4. The number of likely N-dealkylation sites (N-methyl/N-ethyl adjacent to an activating group) is 3. The van der Waals surface area contributed by atoms with Gasteiger partial charge in [0.25, 0.3) is 0 Å². The summed E-state index contributed by atoms with van der Waals surface area (Å²) in [6, 6.07) is 3.66. The van der Waals surface area contributed by atoms with Crippen molar-refractivity contribution in [1.82, 2.24) is 24.3 Å². The van der Waals surface area contributed by atoms with Gasteiger partial charge in [0.05, 0.1) is 25.1 Å². The van der Waals surface area contributed by atoms with E-state index in [1.807, 2.05) is 26.0 Å². The summed E-state index contributed by atoms with van der Waals surface area (Å²) in [5.41, 5.74) is 1.68. The van der Waals surface area contributed by atoms with Gasteiger partial charge in [0.15, 0.2) is 0 Å². The minimum Gasteiger partial charge on any atom is -0.497 e. The Morgan fingerprint density at radius 1 is 1.11 bits per heavy atom. The zero-order chi connectivity index (χ0) is 26.1. The van der Waals surface area contributed by atoms with Crippen molar-refractivity contribution in [3.05, 3.63) is 23.3 Å². The highest BCUT2D eigenvalue weighted by atomic mass is 32.2. The fraction of sp³-hybridized carbons (Fsp3) is 0.680. The van der Waals surface area contributed by atoms with Gasteiger partial charge in [-0.05, 0) is 83.1 Å². The number of likely N-dealkylation sites (tertiary alicyclic amines) is 1. The number of carbonyl (C=O) groups is 2. The first-order chi connectivity index (χ1) is 16.5. The number of aryl methyl sites for hydroxylation is 2. The third-order valence-corrected chi connectivity index (χ3v) is 8.15. The van der Waals surface area contributed by atoms with Crippen molar-refractivity contribution < 1.29 is 18.5 Å². The maximum absolute atomic E-state index is 13.0. The zero-order valence-corrected chi connectivity index (χ0v) is 23.2. The summed E-state index contributed by atoms with van der Waals surface area (Å²) >= 11 is 0. The first-order valence-electron chi connectivity index (χ1n) is 12.2. The largest absolute Gasteiger partial charge is 0.497 e. The number of benzene rings is 1. The molecule has 10 heteroatoms. The molecule has 1 N–H and O–H groups in total. The number of ether oxygens (including phenoxy) is 1. The van der Waals surface area contributed by atoms with E-state index in [9.17, 15) is 13.8 Å². The number of hydrogen-bond acceptors (Lipinski definition) is 6. The number of hydrogen-bond donors (Lipinski definition) is 1. The van der Waals surface area contributed by atoms with Crippen molar-refractivity contribution in [2.24, 2.45) is 5.92 Å². The molecule has 2 amide bonds. The van der Waals surface area contributed by atoms with E-state index in [1.54, 1.807) is 26.1 Å². The third kappa shape index (κ3) is 9.18. The molecule has 1 heterocycles. The van der Waals surface area contributed by atoms with Crippen LogP contribution >= 0.6 is 0 Å². The summed E-state index contributed by atoms with van der Waals surface area (Å²) < 4.78 is 19.8. The summed E-state index contributed by atoms with van der Waals surface area (Å²) in [5, 5.41) is 2.68. The lowest BCUT2D eigenvalue weighted by Crippen LogP contribution is -2.45. The van der Waals surface area contributed by atoms with Gasteiger partial charge >= 0.3 is 0 Å².